The fourth-order valence-corrected chi connectivity index (χ4v) is 4.97. The van der Waals surface area contributed by atoms with Gasteiger partial charge in [0, 0.05) is 0 Å². The van der Waals surface area contributed by atoms with Gasteiger partial charge in [-0.1, -0.05) is 61.5 Å². The van der Waals surface area contributed by atoms with Gasteiger partial charge in [-0.2, -0.15) is 0 Å². The molecule has 1 heterocycles. The van der Waals surface area contributed by atoms with Crippen LogP contribution in [0.4, 0.5) is 0 Å². The molecule has 4 rings (SSSR count). The molecule has 3 aromatic carbocycles. The highest BCUT2D eigenvalue weighted by Gasteiger charge is 2.52. The van der Waals surface area contributed by atoms with Crippen LogP contribution < -0.4 is 0 Å². The number of aliphatic hydroxyl groups is 1. The highest BCUT2D eigenvalue weighted by Crippen LogP contribution is 2.35. The highest BCUT2D eigenvalue weighted by molar-refractivity contribution is 7.99. The van der Waals surface area contributed by atoms with Gasteiger partial charge in [-0.3, -0.25) is 0 Å². The van der Waals surface area contributed by atoms with E-state index in [1.165, 1.54) is 11.8 Å². The van der Waals surface area contributed by atoms with E-state index in [1.54, 1.807) is 91.0 Å². The van der Waals surface area contributed by atoms with Crippen LogP contribution in [0, 0.1) is 0 Å². The summed E-state index contributed by atoms with van der Waals surface area (Å²) in [5.74, 6) is -1.47. The van der Waals surface area contributed by atoms with Gasteiger partial charge in [0.05, 0.1) is 23.3 Å². The molecule has 1 fully saturated rings. The standard InChI is InChI=1S/C29H28O8S/c1-2-38-29-25(37-28(33)21-16-10-5-11-17-21)24(36-27(32)20-14-8-4-9-15-20)23(22(18-30)34-29)35-26(31)19-12-6-3-7-13-19/h3-17,22-25,29-30H,2,18H2,1H3/t22-,23-,24+,25-,29+/m1/s1. The second-order valence-corrected chi connectivity index (χ2v) is 9.76. The van der Waals surface area contributed by atoms with E-state index in [0.717, 1.165) is 0 Å². The number of aliphatic hydroxyl groups excluding tert-OH is 1. The quantitative estimate of drug-likeness (QED) is 0.319. The van der Waals surface area contributed by atoms with E-state index in [4.69, 9.17) is 18.9 Å². The Hall–Kier alpha value is -3.66. The van der Waals surface area contributed by atoms with Gasteiger partial charge in [-0.25, -0.2) is 14.4 Å². The monoisotopic (exact) mass is 536 g/mol. The van der Waals surface area contributed by atoms with E-state index < -0.39 is 54.4 Å². The van der Waals surface area contributed by atoms with Crippen molar-refractivity contribution < 1.29 is 38.4 Å². The fraction of sp³-hybridized carbons (Fsp3) is 0.276. The van der Waals surface area contributed by atoms with Crippen LogP contribution in [0.15, 0.2) is 91.0 Å². The number of hydrogen-bond acceptors (Lipinski definition) is 9. The SMILES string of the molecule is CCS[C@@H]1O[C@H](CO)[C@@H](OC(=O)c2ccccc2)[C@H](OC(=O)c2ccccc2)[C@H]1OC(=O)c1ccccc1. The molecule has 0 saturated carbocycles. The van der Waals surface area contributed by atoms with Crippen LogP contribution in [0.2, 0.25) is 0 Å². The van der Waals surface area contributed by atoms with Crippen LogP contribution >= 0.6 is 11.8 Å². The molecule has 1 aliphatic heterocycles. The van der Waals surface area contributed by atoms with Crippen molar-refractivity contribution in [2.45, 2.75) is 36.8 Å². The predicted molar refractivity (Wildman–Crippen MR) is 141 cm³/mol. The summed E-state index contributed by atoms with van der Waals surface area (Å²) in [6.07, 6.45) is -4.70. The molecule has 0 unspecified atom stereocenters. The Morgan fingerprint density at radius 3 is 1.47 bits per heavy atom. The van der Waals surface area contributed by atoms with Crippen LogP contribution in [0.3, 0.4) is 0 Å². The number of benzene rings is 3. The van der Waals surface area contributed by atoms with Crippen molar-refractivity contribution in [1.82, 2.24) is 0 Å². The molecule has 198 valence electrons. The Kier molecular flexibility index (Phi) is 9.53. The Balaban J connectivity index is 1.70. The molecule has 1 saturated heterocycles. The van der Waals surface area contributed by atoms with Crippen molar-refractivity contribution in [1.29, 1.82) is 0 Å². The summed E-state index contributed by atoms with van der Waals surface area (Å²) in [5.41, 5.74) is 0.0220. The number of carbonyl (C=O) groups is 3. The van der Waals surface area contributed by atoms with E-state index in [-0.39, 0.29) is 11.1 Å². The maximum absolute atomic E-state index is 13.2. The van der Waals surface area contributed by atoms with Gasteiger partial charge in [-0.05, 0) is 42.2 Å². The second-order valence-electron chi connectivity index (χ2n) is 8.39. The summed E-state index contributed by atoms with van der Waals surface area (Å²) in [5, 5.41) is 10.2. The van der Waals surface area contributed by atoms with Gasteiger partial charge in [0.1, 0.15) is 11.5 Å². The van der Waals surface area contributed by atoms with Crippen LogP contribution in [0.5, 0.6) is 0 Å². The summed E-state index contributed by atoms with van der Waals surface area (Å²) in [4.78, 5) is 39.3. The lowest BCUT2D eigenvalue weighted by Crippen LogP contribution is -2.61. The van der Waals surface area contributed by atoms with Crippen LogP contribution in [-0.4, -0.2) is 65.2 Å². The summed E-state index contributed by atoms with van der Waals surface area (Å²) < 4.78 is 23.6. The first-order chi connectivity index (χ1) is 18.5. The summed E-state index contributed by atoms with van der Waals surface area (Å²) in [6.45, 7) is 1.37. The fourth-order valence-electron chi connectivity index (χ4n) is 4.02. The lowest BCUT2D eigenvalue weighted by atomic mass is 9.98. The molecule has 0 aromatic heterocycles. The van der Waals surface area contributed by atoms with Gasteiger partial charge in [0.2, 0.25) is 0 Å². The predicted octanol–water partition coefficient (Wildman–Crippen LogP) is 4.13. The largest absolute Gasteiger partial charge is 0.452 e. The number of esters is 3. The van der Waals surface area contributed by atoms with Gasteiger partial charge >= 0.3 is 17.9 Å². The van der Waals surface area contributed by atoms with E-state index in [1.807, 2.05) is 6.92 Å². The minimum absolute atomic E-state index is 0.264. The molecule has 1 N–H and O–H groups in total. The molecule has 0 radical (unpaired) electrons. The molecule has 0 spiro atoms. The van der Waals surface area contributed by atoms with E-state index in [0.29, 0.717) is 11.3 Å². The van der Waals surface area contributed by atoms with E-state index in [9.17, 15) is 19.5 Å². The molecule has 38 heavy (non-hydrogen) atoms. The highest BCUT2D eigenvalue weighted by atomic mass is 32.2. The molecule has 8 nitrogen and oxygen atoms in total. The molecule has 5 atom stereocenters. The minimum atomic E-state index is -1.27. The molecular weight excluding hydrogens is 508 g/mol. The molecule has 0 aliphatic carbocycles. The smallest absolute Gasteiger partial charge is 0.338 e. The van der Waals surface area contributed by atoms with Gasteiger partial charge < -0.3 is 24.1 Å². The van der Waals surface area contributed by atoms with Crippen molar-refractivity contribution in [2.24, 2.45) is 0 Å². The van der Waals surface area contributed by atoms with Crippen molar-refractivity contribution in [3.8, 4) is 0 Å². The average Bonchev–Trinajstić information content (AvgIpc) is 2.97. The lowest BCUT2D eigenvalue weighted by Gasteiger charge is -2.44. The van der Waals surface area contributed by atoms with Crippen LogP contribution in [-0.2, 0) is 18.9 Å². The van der Waals surface area contributed by atoms with E-state index >= 15 is 0 Å². The summed E-state index contributed by atoms with van der Waals surface area (Å²) in [7, 11) is 0. The van der Waals surface area contributed by atoms with Crippen molar-refractivity contribution in [3.63, 3.8) is 0 Å². The topological polar surface area (TPSA) is 108 Å². The third-order valence-electron chi connectivity index (χ3n) is 5.86. The van der Waals surface area contributed by atoms with Crippen LogP contribution in [0.25, 0.3) is 0 Å². The molecule has 3 aromatic rings. The summed E-state index contributed by atoms with van der Waals surface area (Å²) >= 11 is 1.32. The Morgan fingerprint density at radius 1 is 0.684 bits per heavy atom. The number of thioether (sulfide) groups is 1. The number of carbonyl (C=O) groups excluding carboxylic acids is 3. The minimum Gasteiger partial charge on any atom is -0.452 e. The number of hydrogen-bond donors (Lipinski definition) is 1. The average molecular weight is 537 g/mol. The van der Waals surface area contributed by atoms with Crippen molar-refractivity contribution in [3.05, 3.63) is 108 Å². The van der Waals surface area contributed by atoms with E-state index in [2.05, 4.69) is 0 Å². The number of rotatable bonds is 9. The first kappa shape index (κ1) is 27.4. The zero-order valence-corrected chi connectivity index (χ0v) is 21.5. The van der Waals surface area contributed by atoms with Gasteiger partial charge in [0.15, 0.2) is 18.3 Å². The first-order valence-electron chi connectivity index (χ1n) is 12.2. The van der Waals surface area contributed by atoms with Crippen molar-refractivity contribution >= 4 is 29.7 Å². The first-order valence-corrected chi connectivity index (χ1v) is 13.2. The molecular formula is C29H28O8S. The second kappa shape index (κ2) is 13.2. The molecule has 9 heteroatoms. The molecule has 0 amide bonds. The van der Waals surface area contributed by atoms with Crippen molar-refractivity contribution in [2.75, 3.05) is 12.4 Å². The summed E-state index contributed by atoms with van der Waals surface area (Å²) in [6, 6.07) is 24.9. The third kappa shape index (κ3) is 6.61. The molecule has 1 aliphatic rings. The maximum atomic E-state index is 13.2. The normalized spacial score (nSPS) is 22.7. The van der Waals surface area contributed by atoms with Crippen LogP contribution in [0.1, 0.15) is 38.0 Å². The van der Waals surface area contributed by atoms with Gasteiger partial charge in [-0.15, -0.1) is 11.8 Å². The Labute approximate surface area is 224 Å². The molecule has 0 bridgehead atoms. The number of ether oxygens (including phenoxy) is 4. The maximum Gasteiger partial charge on any atom is 0.338 e. The third-order valence-corrected chi connectivity index (χ3v) is 6.90. The zero-order chi connectivity index (χ0) is 26.9. The lowest BCUT2D eigenvalue weighted by molar-refractivity contribution is -0.207. The Morgan fingerprint density at radius 2 is 1.08 bits per heavy atom. The van der Waals surface area contributed by atoms with Gasteiger partial charge in [0.25, 0.3) is 0 Å². The Bertz CT molecular complexity index is 1210. The zero-order valence-electron chi connectivity index (χ0n) is 20.7.